The van der Waals surface area contributed by atoms with Crippen molar-refractivity contribution in [1.82, 2.24) is 5.32 Å². The van der Waals surface area contributed by atoms with E-state index in [9.17, 15) is 14.0 Å². The van der Waals surface area contributed by atoms with Crippen LogP contribution in [0.1, 0.15) is 42.0 Å². The van der Waals surface area contributed by atoms with Crippen LogP contribution in [0.5, 0.6) is 11.5 Å². The second kappa shape index (κ2) is 12.3. The summed E-state index contributed by atoms with van der Waals surface area (Å²) in [5, 5.41) is 15.0. The highest BCUT2D eigenvalue weighted by Crippen LogP contribution is 2.45. The molecule has 0 heterocycles. The highest BCUT2D eigenvalue weighted by Gasteiger charge is 2.26. The quantitative estimate of drug-likeness (QED) is 0.292. The molecular formula is C31H31FN2O5. The predicted molar refractivity (Wildman–Crippen MR) is 150 cm³/mol. The van der Waals surface area contributed by atoms with Crippen LogP contribution in [0.4, 0.5) is 10.1 Å². The number of carbonyl (C=O) groups is 2. The van der Waals surface area contributed by atoms with Crippen molar-refractivity contribution < 1.29 is 28.6 Å². The summed E-state index contributed by atoms with van der Waals surface area (Å²) in [5.74, 6) is -0.447. The van der Waals surface area contributed by atoms with E-state index >= 15 is 0 Å². The Labute approximate surface area is 227 Å². The average Bonchev–Trinajstić information content (AvgIpc) is 3.17. The van der Waals surface area contributed by atoms with Gasteiger partial charge >= 0.3 is 5.97 Å². The van der Waals surface area contributed by atoms with E-state index in [2.05, 4.69) is 10.6 Å². The number of carboxylic acids is 1. The van der Waals surface area contributed by atoms with Gasteiger partial charge in [-0.05, 0) is 76.2 Å². The molecular weight excluding hydrogens is 499 g/mol. The largest absolute Gasteiger partial charge is 0.494 e. The fourth-order valence-electron chi connectivity index (χ4n) is 4.65. The first-order valence-electron chi connectivity index (χ1n) is 12.5. The van der Waals surface area contributed by atoms with Crippen molar-refractivity contribution >= 4 is 34.8 Å². The van der Waals surface area contributed by atoms with Gasteiger partial charge in [0.25, 0.3) is 0 Å². The van der Waals surface area contributed by atoms with E-state index in [0.29, 0.717) is 29.3 Å². The van der Waals surface area contributed by atoms with Gasteiger partial charge in [-0.2, -0.15) is 0 Å². The lowest BCUT2D eigenvalue weighted by molar-refractivity contribution is -0.136. The van der Waals surface area contributed by atoms with Crippen LogP contribution in [0.25, 0.3) is 17.2 Å². The summed E-state index contributed by atoms with van der Waals surface area (Å²) in [4.78, 5) is 23.8. The number of anilines is 1. The number of rotatable bonds is 11. The van der Waals surface area contributed by atoms with Gasteiger partial charge in [0.05, 0.1) is 27.1 Å². The third-order valence-corrected chi connectivity index (χ3v) is 6.60. The molecule has 0 aliphatic heterocycles. The van der Waals surface area contributed by atoms with Crippen LogP contribution >= 0.6 is 0 Å². The van der Waals surface area contributed by atoms with Gasteiger partial charge in [-0.25, -0.2) is 4.39 Å². The Hall–Kier alpha value is -4.59. The smallest absolute Gasteiger partial charge is 0.305 e. The maximum Gasteiger partial charge on any atom is 0.305 e. The number of ether oxygens (including phenoxy) is 2. The van der Waals surface area contributed by atoms with E-state index in [1.165, 1.54) is 26.4 Å². The number of allylic oxidation sites excluding steroid dienone is 2. The number of halogens is 1. The Morgan fingerprint density at radius 1 is 0.974 bits per heavy atom. The lowest BCUT2D eigenvalue weighted by Gasteiger charge is -2.16. The van der Waals surface area contributed by atoms with Gasteiger partial charge in [0.1, 0.15) is 23.0 Å². The molecule has 0 spiro atoms. The van der Waals surface area contributed by atoms with Crippen LogP contribution in [-0.2, 0) is 16.1 Å². The van der Waals surface area contributed by atoms with Gasteiger partial charge in [-0.15, -0.1) is 0 Å². The molecule has 0 aromatic heterocycles. The van der Waals surface area contributed by atoms with Gasteiger partial charge in [-0.1, -0.05) is 36.4 Å². The molecule has 3 aromatic rings. The first-order valence-corrected chi connectivity index (χ1v) is 12.5. The number of aliphatic carboxylic acids is 1. The van der Waals surface area contributed by atoms with Crippen molar-refractivity contribution in [3.05, 3.63) is 94.3 Å². The zero-order valence-electron chi connectivity index (χ0n) is 22.1. The fourth-order valence-corrected chi connectivity index (χ4v) is 4.65. The SMILES string of the molecule is COc1cc(C=C2C(C)=C(CC(=O)NCc3ccccc3)c3cc(F)ccc32)cc(OC)c1NCCC(=O)O. The van der Waals surface area contributed by atoms with Crippen LogP contribution in [0.15, 0.2) is 66.2 Å². The minimum absolute atomic E-state index is 0.0584. The summed E-state index contributed by atoms with van der Waals surface area (Å²) in [7, 11) is 3.05. The number of benzene rings is 3. The highest BCUT2D eigenvalue weighted by atomic mass is 19.1. The molecule has 3 N–H and O–H groups in total. The van der Waals surface area contributed by atoms with Crippen molar-refractivity contribution in [2.75, 3.05) is 26.1 Å². The normalized spacial score (nSPS) is 13.3. The van der Waals surface area contributed by atoms with Gasteiger partial charge < -0.3 is 25.2 Å². The Morgan fingerprint density at radius 2 is 1.67 bits per heavy atom. The van der Waals surface area contributed by atoms with Crippen LogP contribution in [-0.4, -0.2) is 37.7 Å². The number of carbonyl (C=O) groups excluding carboxylic acids is 1. The molecule has 3 aromatic carbocycles. The monoisotopic (exact) mass is 530 g/mol. The maximum atomic E-state index is 14.3. The molecule has 1 aliphatic carbocycles. The summed E-state index contributed by atoms with van der Waals surface area (Å²) in [6, 6.07) is 17.9. The van der Waals surface area contributed by atoms with Gasteiger partial charge in [0, 0.05) is 13.1 Å². The number of hydrogen-bond acceptors (Lipinski definition) is 5. The molecule has 4 rings (SSSR count). The zero-order valence-corrected chi connectivity index (χ0v) is 22.1. The summed E-state index contributed by atoms with van der Waals surface area (Å²) in [6.45, 7) is 2.55. The second-order valence-electron chi connectivity index (χ2n) is 9.16. The predicted octanol–water partition coefficient (Wildman–Crippen LogP) is 5.76. The third-order valence-electron chi connectivity index (χ3n) is 6.60. The number of nitrogens with one attached hydrogen (secondary N) is 2. The molecule has 0 unspecified atom stereocenters. The Balaban J connectivity index is 1.66. The Morgan fingerprint density at radius 3 is 2.31 bits per heavy atom. The summed E-state index contributed by atoms with van der Waals surface area (Å²) < 4.78 is 25.4. The summed E-state index contributed by atoms with van der Waals surface area (Å²) in [5.41, 5.74) is 6.37. The molecule has 39 heavy (non-hydrogen) atoms. The van der Waals surface area contributed by atoms with Gasteiger partial charge in [-0.3, -0.25) is 9.59 Å². The summed E-state index contributed by atoms with van der Waals surface area (Å²) in [6.07, 6.45) is 2.01. The van der Waals surface area contributed by atoms with Crippen molar-refractivity contribution in [3.8, 4) is 11.5 Å². The molecule has 8 heteroatoms. The van der Waals surface area contributed by atoms with Crippen molar-refractivity contribution in [3.63, 3.8) is 0 Å². The van der Waals surface area contributed by atoms with Crippen LogP contribution in [0, 0.1) is 5.82 Å². The minimum atomic E-state index is -0.912. The fraction of sp³-hybridized carbons (Fsp3) is 0.226. The molecule has 0 atom stereocenters. The Bertz CT molecular complexity index is 1420. The van der Waals surface area contributed by atoms with Gasteiger partial charge in [0.15, 0.2) is 0 Å². The lowest BCUT2D eigenvalue weighted by Crippen LogP contribution is -2.22. The van der Waals surface area contributed by atoms with E-state index < -0.39 is 5.97 Å². The third kappa shape index (κ3) is 6.46. The second-order valence-corrected chi connectivity index (χ2v) is 9.16. The van der Waals surface area contributed by atoms with Gasteiger partial charge in [0.2, 0.25) is 5.91 Å². The molecule has 0 fully saturated rings. The minimum Gasteiger partial charge on any atom is -0.494 e. The van der Waals surface area contributed by atoms with E-state index in [4.69, 9.17) is 14.6 Å². The van der Waals surface area contributed by atoms with Crippen LogP contribution in [0.2, 0.25) is 0 Å². The number of carboxylic acid groups (broad SMARTS) is 1. The van der Waals surface area contributed by atoms with Crippen molar-refractivity contribution in [2.24, 2.45) is 0 Å². The molecule has 0 saturated carbocycles. The van der Waals surface area contributed by atoms with Crippen LogP contribution in [0.3, 0.4) is 0 Å². The molecule has 0 radical (unpaired) electrons. The molecule has 1 amide bonds. The van der Waals surface area contributed by atoms with E-state index in [1.54, 1.807) is 6.07 Å². The molecule has 7 nitrogen and oxygen atoms in total. The molecule has 202 valence electrons. The molecule has 0 bridgehead atoms. The molecule has 0 saturated heterocycles. The first kappa shape index (κ1) is 27.4. The Kier molecular flexibility index (Phi) is 8.66. The van der Waals surface area contributed by atoms with E-state index in [-0.39, 0.29) is 31.1 Å². The maximum absolute atomic E-state index is 14.3. The van der Waals surface area contributed by atoms with Crippen LogP contribution < -0.4 is 20.1 Å². The first-order chi connectivity index (χ1) is 18.8. The average molecular weight is 531 g/mol. The number of methoxy groups -OCH3 is 2. The number of amides is 1. The lowest BCUT2D eigenvalue weighted by atomic mass is 10.00. The highest BCUT2D eigenvalue weighted by molar-refractivity contribution is 6.08. The van der Waals surface area contributed by atoms with E-state index in [1.807, 2.05) is 55.5 Å². The topological polar surface area (TPSA) is 96.9 Å². The summed E-state index contributed by atoms with van der Waals surface area (Å²) >= 11 is 0. The number of hydrogen-bond donors (Lipinski definition) is 3. The van der Waals surface area contributed by atoms with Crippen molar-refractivity contribution in [1.29, 1.82) is 0 Å². The van der Waals surface area contributed by atoms with E-state index in [0.717, 1.165) is 33.4 Å². The zero-order chi connectivity index (χ0) is 27.9. The molecule has 1 aliphatic rings. The number of fused-ring (bicyclic) bond motifs is 1. The van der Waals surface area contributed by atoms with Crippen molar-refractivity contribution in [2.45, 2.75) is 26.3 Å². The standard InChI is InChI=1S/C31H31FN2O5/c1-19-24(13-21-14-27(38-2)31(28(15-21)39-3)33-12-11-30(36)37)23-10-9-22(32)16-26(23)25(19)17-29(35)34-18-20-7-5-4-6-8-20/h4-10,13-16,33H,11-12,17-18H2,1-3H3,(H,34,35)(H,36,37).